The number of benzene rings is 5. The molecule has 1 spiro atoms. The maximum atomic E-state index is 14.4. The van der Waals surface area contributed by atoms with Gasteiger partial charge in [-0.1, -0.05) is 61.0 Å². The van der Waals surface area contributed by atoms with Gasteiger partial charge in [0.05, 0.1) is 5.56 Å². The Kier molecular flexibility index (Phi) is 7.29. The monoisotopic (exact) mass is 705 g/mol. The fraction of sp³-hybridized carbons (Fsp3) is 0.302. The maximum Gasteiger partial charge on any atom is 0.416 e. The molecule has 9 rings (SSSR count). The van der Waals surface area contributed by atoms with Gasteiger partial charge in [0, 0.05) is 57.1 Å². The summed E-state index contributed by atoms with van der Waals surface area (Å²) in [5.74, 6) is 1.61. The Morgan fingerprint density at radius 1 is 0.820 bits per heavy atom. The van der Waals surface area contributed by atoms with Crippen LogP contribution in [0.3, 0.4) is 0 Å². The van der Waals surface area contributed by atoms with E-state index >= 15 is 0 Å². The number of thioether (sulfide) groups is 2. The van der Waals surface area contributed by atoms with Gasteiger partial charge in [0.2, 0.25) is 0 Å². The lowest BCUT2D eigenvalue weighted by Crippen LogP contribution is -2.36. The molecule has 0 saturated heterocycles. The summed E-state index contributed by atoms with van der Waals surface area (Å²) in [5, 5.41) is 2.06. The highest BCUT2D eigenvalue weighted by molar-refractivity contribution is 8.01. The van der Waals surface area contributed by atoms with Gasteiger partial charge in [0.15, 0.2) is 5.60 Å². The lowest BCUT2D eigenvalue weighted by molar-refractivity contribution is -0.137. The maximum absolute atomic E-state index is 14.4. The Balaban J connectivity index is 1.38. The van der Waals surface area contributed by atoms with Crippen molar-refractivity contribution in [1.82, 2.24) is 0 Å². The van der Waals surface area contributed by atoms with Gasteiger partial charge in [-0.05, 0) is 114 Å². The quantitative estimate of drug-likeness (QED) is 0.169. The molecule has 2 fully saturated rings. The van der Waals surface area contributed by atoms with Crippen LogP contribution in [-0.4, -0.2) is 26.6 Å². The van der Waals surface area contributed by atoms with E-state index < -0.39 is 22.8 Å². The number of halogens is 3. The number of ether oxygens (including phenoxy) is 1. The second-order valence-corrected chi connectivity index (χ2v) is 16.2. The summed E-state index contributed by atoms with van der Waals surface area (Å²) >= 11 is 3.42. The molecule has 4 aliphatic rings. The van der Waals surface area contributed by atoms with E-state index in [9.17, 15) is 13.2 Å². The summed E-state index contributed by atoms with van der Waals surface area (Å²) < 4.78 is 50.8. The van der Waals surface area contributed by atoms with Crippen LogP contribution in [0, 0.1) is 11.8 Å². The van der Waals surface area contributed by atoms with Gasteiger partial charge in [0.1, 0.15) is 5.75 Å². The summed E-state index contributed by atoms with van der Waals surface area (Å²) in [7, 11) is 4.07. The van der Waals surface area contributed by atoms with E-state index in [0.29, 0.717) is 5.92 Å². The first kappa shape index (κ1) is 32.1. The van der Waals surface area contributed by atoms with Crippen LogP contribution in [0.2, 0.25) is 0 Å². The van der Waals surface area contributed by atoms with Crippen LogP contribution < -0.4 is 9.64 Å². The topological polar surface area (TPSA) is 12.5 Å². The van der Waals surface area contributed by atoms with Crippen LogP contribution in [0.4, 0.5) is 18.9 Å². The first-order valence-electron chi connectivity index (χ1n) is 17.3. The van der Waals surface area contributed by atoms with E-state index in [-0.39, 0.29) is 5.92 Å². The molecule has 0 amide bonds. The molecule has 3 aliphatic carbocycles. The van der Waals surface area contributed by atoms with Crippen LogP contribution in [0.25, 0.3) is 28.0 Å². The highest BCUT2D eigenvalue weighted by Crippen LogP contribution is 2.69. The lowest BCUT2D eigenvalue weighted by atomic mass is 9.65. The second kappa shape index (κ2) is 11.3. The van der Waals surface area contributed by atoms with Crippen LogP contribution in [0.1, 0.15) is 59.1 Å². The van der Waals surface area contributed by atoms with Gasteiger partial charge in [-0.3, -0.25) is 0 Å². The standard InChI is InChI=1S/C43H38F3NOS2/c1-47(2)30-15-12-27(13-16-30)42(26-8-6-5-7-9-26)19-18-32-39-38(33-22-36(49-3)37(50-4)23-34(33)40(32)48-42)31-17-14-29(43(44,45)46)21-35(31)41(39)24-25-10-11-28(41)20-25/h5-9,12-19,21-23,25,28H,10-11,20,24H2,1-4H3. The van der Waals surface area contributed by atoms with Crippen LogP contribution in [0.5, 0.6) is 5.75 Å². The highest BCUT2D eigenvalue weighted by Gasteiger charge is 2.59. The van der Waals surface area contributed by atoms with Gasteiger partial charge in [-0.15, -0.1) is 23.5 Å². The summed E-state index contributed by atoms with van der Waals surface area (Å²) in [6.45, 7) is 0. The smallest absolute Gasteiger partial charge is 0.416 e. The zero-order valence-electron chi connectivity index (χ0n) is 28.5. The van der Waals surface area contributed by atoms with Crippen LogP contribution in [-0.2, 0) is 17.2 Å². The normalized spacial score (nSPS) is 24.4. The highest BCUT2D eigenvalue weighted by atomic mass is 32.2. The molecule has 254 valence electrons. The van der Waals surface area contributed by atoms with Crippen molar-refractivity contribution in [3.05, 3.63) is 124 Å². The van der Waals surface area contributed by atoms with Crippen molar-refractivity contribution in [2.24, 2.45) is 11.8 Å². The predicted octanol–water partition coefficient (Wildman–Crippen LogP) is 11.8. The van der Waals surface area contributed by atoms with Crippen molar-refractivity contribution in [1.29, 1.82) is 0 Å². The van der Waals surface area contributed by atoms with Gasteiger partial charge < -0.3 is 9.64 Å². The molecule has 0 radical (unpaired) electrons. The first-order valence-corrected chi connectivity index (χ1v) is 19.7. The number of hydrogen-bond donors (Lipinski definition) is 0. The zero-order valence-corrected chi connectivity index (χ0v) is 30.2. The Morgan fingerprint density at radius 2 is 1.52 bits per heavy atom. The van der Waals surface area contributed by atoms with E-state index in [1.54, 1.807) is 29.6 Å². The molecule has 0 aromatic heterocycles. The van der Waals surface area contributed by atoms with Crippen molar-refractivity contribution >= 4 is 46.1 Å². The first-order chi connectivity index (χ1) is 24.1. The van der Waals surface area contributed by atoms with Crippen molar-refractivity contribution in [3.63, 3.8) is 0 Å². The minimum atomic E-state index is -4.41. The van der Waals surface area contributed by atoms with Crippen molar-refractivity contribution < 1.29 is 17.9 Å². The number of fused-ring (bicyclic) bond motifs is 13. The number of anilines is 1. The summed E-state index contributed by atoms with van der Waals surface area (Å²) in [4.78, 5) is 4.41. The number of nitrogens with zero attached hydrogens (tertiary/aromatic N) is 1. The fourth-order valence-electron chi connectivity index (χ4n) is 9.79. The molecule has 1 heterocycles. The van der Waals surface area contributed by atoms with Gasteiger partial charge >= 0.3 is 6.18 Å². The van der Waals surface area contributed by atoms with Gasteiger partial charge in [-0.2, -0.15) is 13.2 Å². The largest absolute Gasteiger partial charge is 0.472 e. The molecule has 2 saturated carbocycles. The van der Waals surface area contributed by atoms with E-state index in [1.807, 2.05) is 20.2 Å². The lowest BCUT2D eigenvalue weighted by Gasteiger charge is -2.41. The Morgan fingerprint density at radius 3 is 2.14 bits per heavy atom. The molecule has 5 aromatic carbocycles. The molecular weight excluding hydrogens is 668 g/mol. The minimum absolute atomic E-state index is 0.288. The van der Waals surface area contributed by atoms with Crippen molar-refractivity contribution in [2.45, 2.75) is 52.7 Å². The zero-order chi connectivity index (χ0) is 34.6. The molecule has 2 nitrogen and oxygen atoms in total. The van der Waals surface area contributed by atoms with E-state index in [4.69, 9.17) is 4.74 Å². The fourth-order valence-corrected chi connectivity index (χ4v) is 11.3. The molecule has 2 bridgehead atoms. The van der Waals surface area contributed by atoms with Crippen molar-refractivity contribution in [3.8, 4) is 16.9 Å². The Labute approximate surface area is 300 Å². The van der Waals surface area contributed by atoms with E-state index in [1.165, 1.54) is 17.7 Å². The molecule has 7 heteroatoms. The average Bonchev–Trinajstić information content (AvgIpc) is 3.83. The minimum Gasteiger partial charge on any atom is -0.472 e. The third-order valence-corrected chi connectivity index (χ3v) is 13.6. The Bertz CT molecular complexity index is 2210. The average molecular weight is 706 g/mol. The molecule has 0 N–H and O–H groups in total. The number of hydrogen-bond acceptors (Lipinski definition) is 4. The summed E-state index contributed by atoms with van der Waals surface area (Å²) in [6.07, 6.45) is 8.32. The third-order valence-electron chi connectivity index (χ3n) is 12.0. The Hall–Kier alpha value is -3.81. The summed E-state index contributed by atoms with van der Waals surface area (Å²) in [6, 6.07) is 28.0. The molecule has 4 unspecified atom stereocenters. The van der Waals surface area contributed by atoms with Crippen molar-refractivity contribution in [2.75, 3.05) is 31.5 Å². The van der Waals surface area contributed by atoms with Crippen LogP contribution in [0.15, 0.2) is 101 Å². The molecule has 5 aromatic rings. The number of rotatable bonds is 5. The molecule has 1 aliphatic heterocycles. The van der Waals surface area contributed by atoms with Gasteiger partial charge in [-0.25, -0.2) is 0 Å². The summed E-state index contributed by atoms with van der Waals surface area (Å²) in [5.41, 5.74) is 6.27. The van der Waals surface area contributed by atoms with E-state index in [0.717, 1.165) is 91.1 Å². The predicted molar refractivity (Wildman–Crippen MR) is 202 cm³/mol. The molecule has 4 atom stereocenters. The number of alkyl halides is 3. The molecular formula is C43H38F3NOS2. The van der Waals surface area contributed by atoms with E-state index in [2.05, 4.69) is 90.2 Å². The van der Waals surface area contributed by atoms with Gasteiger partial charge in [0.25, 0.3) is 0 Å². The van der Waals surface area contributed by atoms with Crippen LogP contribution >= 0.6 is 23.5 Å². The molecule has 50 heavy (non-hydrogen) atoms. The second-order valence-electron chi connectivity index (χ2n) is 14.5. The SMILES string of the molecule is CSc1cc2c3c(c4c(c2cc1SC)-c1ccc(C(F)(F)F)cc1C41CC2CCC1C2)C=CC(c1ccccc1)(c1ccc(N(C)C)cc1)O3. The third kappa shape index (κ3) is 4.44.